The molecule has 2 fully saturated rings. The molecule has 1 unspecified atom stereocenters. The Labute approximate surface area is 160 Å². The Morgan fingerprint density at radius 1 is 1.12 bits per heavy atom. The zero-order valence-electron chi connectivity index (χ0n) is 14.1. The smallest absolute Gasteiger partial charge is 0.191 e. The summed E-state index contributed by atoms with van der Waals surface area (Å²) in [6.45, 7) is 8.85. The summed E-state index contributed by atoms with van der Waals surface area (Å²) in [5.41, 5.74) is 6.16. The fraction of sp³-hybridized carbons (Fsp3) is 0.688. The van der Waals surface area contributed by atoms with Gasteiger partial charge in [-0.25, -0.2) is 0 Å². The van der Waals surface area contributed by atoms with E-state index in [1.165, 1.54) is 0 Å². The summed E-state index contributed by atoms with van der Waals surface area (Å²) in [5, 5.41) is 0. The van der Waals surface area contributed by atoms with Gasteiger partial charge in [-0.1, -0.05) is 0 Å². The number of nitrogens with two attached hydrogens (primary N) is 1. The fourth-order valence-corrected chi connectivity index (χ4v) is 2.98. The van der Waals surface area contributed by atoms with Crippen LogP contribution in [0.25, 0.3) is 0 Å². The standard InChI is InChI=1S/C16H26N4O3.HI/c1-13-2-3-15(23-13)14(19-4-8-21-9-5-19)12-18-16(17)20-6-10-22-11-7-20;/h2-3,14H,4-12H2,1H3,(H2,17,18);1H. The van der Waals surface area contributed by atoms with E-state index in [4.69, 9.17) is 19.6 Å². The maximum atomic E-state index is 6.16. The first kappa shape index (κ1) is 19.5. The molecule has 3 heterocycles. The second-order valence-electron chi connectivity index (χ2n) is 5.91. The number of halogens is 1. The normalized spacial score (nSPS) is 21.4. The molecule has 136 valence electrons. The molecular formula is C16H27IN4O3. The van der Waals surface area contributed by atoms with Crippen LogP contribution in [0.3, 0.4) is 0 Å². The van der Waals surface area contributed by atoms with Crippen molar-refractivity contribution in [1.29, 1.82) is 0 Å². The topological polar surface area (TPSA) is 76.5 Å². The van der Waals surface area contributed by atoms with E-state index in [-0.39, 0.29) is 30.0 Å². The molecule has 8 heteroatoms. The van der Waals surface area contributed by atoms with Crippen molar-refractivity contribution in [2.45, 2.75) is 13.0 Å². The highest BCUT2D eigenvalue weighted by Gasteiger charge is 2.25. The zero-order chi connectivity index (χ0) is 16.1. The van der Waals surface area contributed by atoms with Gasteiger partial charge >= 0.3 is 0 Å². The first-order chi connectivity index (χ1) is 11.2. The van der Waals surface area contributed by atoms with Crippen molar-refractivity contribution in [3.63, 3.8) is 0 Å². The number of guanidine groups is 1. The van der Waals surface area contributed by atoms with Gasteiger partial charge in [0.2, 0.25) is 0 Å². The van der Waals surface area contributed by atoms with E-state index in [2.05, 4.69) is 14.8 Å². The van der Waals surface area contributed by atoms with Crippen LogP contribution in [0.1, 0.15) is 17.6 Å². The highest BCUT2D eigenvalue weighted by molar-refractivity contribution is 14.0. The number of hydrogen-bond donors (Lipinski definition) is 1. The Morgan fingerprint density at radius 3 is 2.33 bits per heavy atom. The maximum absolute atomic E-state index is 6.16. The van der Waals surface area contributed by atoms with Crippen LogP contribution in [0.5, 0.6) is 0 Å². The number of hydrogen-bond acceptors (Lipinski definition) is 5. The molecule has 3 rings (SSSR count). The summed E-state index contributed by atoms with van der Waals surface area (Å²) in [6.07, 6.45) is 0. The Hall–Kier alpha value is -0.840. The SMILES string of the molecule is Cc1ccc(C(CN=C(N)N2CCOCC2)N2CCOCC2)o1.I. The third-order valence-corrected chi connectivity index (χ3v) is 4.34. The minimum Gasteiger partial charge on any atom is -0.465 e. The average molecular weight is 450 g/mol. The van der Waals surface area contributed by atoms with Gasteiger partial charge in [0.25, 0.3) is 0 Å². The van der Waals surface area contributed by atoms with Gasteiger partial charge in [0.05, 0.1) is 39.0 Å². The minimum absolute atomic E-state index is 0. The Morgan fingerprint density at radius 2 is 1.75 bits per heavy atom. The number of aryl methyl sites for hydroxylation is 1. The van der Waals surface area contributed by atoms with Crippen molar-refractivity contribution in [1.82, 2.24) is 9.80 Å². The molecule has 1 atom stereocenters. The van der Waals surface area contributed by atoms with Crippen LogP contribution in [-0.2, 0) is 9.47 Å². The second-order valence-corrected chi connectivity index (χ2v) is 5.91. The van der Waals surface area contributed by atoms with Crippen molar-refractivity contribution < 1.29 is 13.9 Å². The van der Waals surface area contributed by atoms with Gasteiger partial charge in [0.1, 0.15) is 11.5 Å². The molecule has 0 saturated carbocycles. The van der Waals surface area contributed by atoms with Gasteiger partial charge in [-0.2, -0.15) is 0 Å². The lowest BCUT2D eigenvalue weighted by molar-refractivity contribution is 0.0134. The molecule has 0 bridgehead atoms. The van der Waals surface area contributed by atoms with Crippen molar-refractivity contribution >= 4 is 29.9 Å². The van der Waals surface area contributed by atoms with Gasteiger partial charge in [-0.05, 0) is 19.1 Å². The fourth-order valence-electron chi connectivity index (χ4n) is 2.98. The molecule has 1 aromatic rings. The summed E-state index contributed by atoms with van der Waals surface area (Å²) in [4.78, 5) is 9.07. The van der Waals surface area contributed by atoms with Crippen molar-refractivity contribution in [3.05, 3.63) is 23.7 Å². The van der Waals surface area contributed by atoms with Crippen LogP contribution in [0.15, 0.2) is 21.5 Å². The molecule has 2 aliphatic heterocycles. The summed E-state index contributed by atoms with van der Waals surface area (Å²) < 4.78 is 16.7. The molecule has 0 radical (unpaired) electrons. The Balaban J connectivity index is 0.00000208. The Kier molecular flexibility index (Phi) is 7.79. The van der Waals surface area contributed by atoms with E-state index in [9.17, 15) is 0 Å². The van der Waals surface area contributed by atoms with E-state index < -0.39 is 0 Å². The highest BCUT2D eigenvalue weighted by Crippen LogP contribution is 2.24. The molecule has 0 amide bonds. The van der Waals surface area contributed by atoms with Gasteiger partial charge in [-0.15, -0.1) is 24.0 Å². The molecule has 2 N–H and O–H groups in total. The molecular weight excluding hydrogens is 423 g/mol. The van der Waals surface area contributed by atoms with Gasteiger partial charge in [0.15, 0.2) is 5.96 Å². The number of rotatable bonds is 4. The van der Waals surface area contributed by atoms with Crippen LogP contribution >= 0.6 is 24.0 Å². The molecule has 0 spiro atoms. The lowest BCUT2D eigenvalue weighted by Crippen LogP contribution is -2.45. The predicted molar refractivity (Wildman–Crippen MR) is 103 cm³/mol. The lowest BCUT2D eigenvalue weighted by atomic mass is 10.1. The molecule has 2 saturated heterocycles. The largest absolute Gasteiger partial charge is 0.465 e. The average Bonchev–Trinajstić information content (AvgIpc) is 3.03. The van der Waals surface area contributed by atoms with Crippen LogP contribution in [0.4, 0.5) is 0 Å². The molecule has 1 aromatic heterocycles. The quantitative estimate of drug-likeness (QED) is 0.423. The maximum Gasteiger partial charge on any atom is 0.191 e. The van der Waals surface area contributed by atoms with Crippen LogP contribution < -0.4 is 5.73 Å². The van der Waals surface area contributed by atoms with Gasteiger partial charge in [0, 0.05) is 26.2 Å². The van der Waals surface area contributed by atoms with Crippen molar-refractivity contribution in [3.8, 4) is 0 Å². The number of ether oxygens (including phenoxy) is 2. The van der Waals surface area contributed by atoms with Gasteiger partial charge in [-0.3, -0.25) is 9.89 Å². The molecule has 0 aromatic carbocycles. The number of morpholine rings is 2. The lowest BCUT2D eigenvalue weighted by Gasteiger charge is -2.33. The summed E-state index contributed by atoms with van der Waals surface area (Å²) in [6, 6.07) is 4.14. The molecule has 7 nitrogen and oxygen atoms in total. The zero-order valence-corrected chi connectivity index (χ0v) is 16.5. The highest BCUT2D eigenvalue weighted by atomic mass is 127. The van der Waals surface area contributed by atoms with E-state index in [0.717, 1.165) is 50.9 Å². The number of nitrogens with zero attached hydrogens (tertiary/aromatic N) is 3. The Bertz CT molecular complexity index is 525. The number of furan rings is 1. The second kappa shape index (κ2) is 9.59. The molecule has 0 aliphatic carbocycles. The predicted octanol–water partition coefficient (Wildman–Crippen LogP) is 1.23. The number of aliphatic imine (C=N–C) groups is 1. The first-order valence-electron chi connectivity index (χ1n) is 8.25. The van der Waals surface area contributed by atoms with Crippen molar-refractivity contribution in [2.24, 2.45) is 10.7 Å². The first-order valence-corrected chi connectivity index (χ1v) is 8.25. The minimum atomic E-state index is 0. The third kappa shape index (κ3) is 5.08. The summed E-state index contributed by atoms with van der Waals surface area (Å²) >= 11 is 0. The van der Waals surface area contributed by atoms with Gasteiger partial charge < -0.3 is 24.5 Å². The van der Waals surface area contributed by atoms with E-state index >= 15 is 0 Å². The van der Waals surface area contributed by atoms with Crippen molar-refractivity contribution in [2.75, 3.05) is 59.2 Å². The summed E-state index contributed by atoms with van der Waals surface area (Å²) in [5.74, 6) is 2.46. The van der Waals surface area contributed by atoms with Crippen LogP contribution in [0, 0.1) is 6.92 Å². The molecule has 2 aliphatic rings. The van der Waals surface area contributed by atoms with E-state index in [1.54, 1.807) is 0 Å². The van der Waals surface area contributed by atoms with E-state index in [1.807, 2.05) is 19.1 Å². The molecule has 24 heavy (non-hydrogen) atoms. The van der Waals surface area contributed by atoms with Crippen LogP contribution in [-0.4, -0.2) is 74.9 Å². The third-order valence-electron chi connectivity index (χ3n) is 4.34. The summed E-state index contributed by atoms with van der Waals surface area (Å²) in [7, 11) is 0. The van der Waals surface area contributed by atoms with E-state index in [0.29, 0.717) is 25.7 Å². The monoisotopic (exact) mass is 450 g/mol. The van der Waals surface area contributed by atoms with Crippen LogP contribution in [0.2, 0.25) is 0 Å².